The van der Waals surface area contributed by atoms with Gasteiger partial charge < -0.3 is 15.5 Å². The number of hydrogen-bond donors (Lipinski definition) is 1. The standard InChI is InChI=1S/C16H32N4O/c1-4-13(2)15(17)16(21)20-11-9-19(10-12-20)14-5-7-18(3)8-6-14/h13-15H,4-12,17H2,1-3H3/t13-,15-/m1/s1. The Kier molecular flexibility index (Phi) is 6.02. The molecule has 122 valence electrons. The molecule has 0 spiro atoms. The van der Waals surface area contributed by atoms with Crippen molar-refractivity contribution in [3.05, 3.63) is 0 Å². The van der Waals surface area contributed by atoms with Crippen molar-refractivity contribution >= 4 is 5.91 Å². The van der Waals surface area contributed by atoms with Crippen molar-refractivity contribution in [2.24, 2.45) is 11.7 Å². The van der Waals surface area contributed by atoms with Crippen molar-refractivity contribution in [3.8, 4) is 0 Å². The van der Waals surface area contributed by atoms with Crippen molar-refractivity contribution in [1.82, 2.24) is 14.7 Å². The van der Waals surface area contributed by atoms with Crippen LogP contribution < -0.4 is 5.73 Å². The lowest BCUT2D eigenvalue weighted by molar-refractivity contribution is -0.136. The van der Waals surface area contributed by atoms with Crippen LogP contribution in [0.4, 0.5) is 0 Å². The fourth-order valence-electron chi connectivity index (χ4n) is 3.38. The monoisotopic (exact) mass is 296 g/mol. The Morgan fingerprint density at radius 3 is 2.24 bits per heavy atom. The van der Waals surface area contributed by atoms with E-state index in [4.69, 9.17) is 5.73 Å². The van der Waals surface area contributed by atoms with Gasteiger partial charge in [0.1, 0.15) is 0 Å². The van der Waals surface area contributed by atoms with Crippen LogP contribution >= 0.6 is 0 Å². The van der Waals surface area contributed by atoms with Gasteiger partial charge in [0.25, 0.3) is 0 Å². The molecule has 0 unspecified atom stereocenters. The second-order valence-corrected chi connectivity index (χ2v) is 6.81. The third-order valence-corrected chi connectivity index (χ3v) is 5.37. The van der Waals surface area contributed by atoms with E-state index in [0.717, 1.165) is 32.6 Å². The smallest absolute Gasteiger partial charge is 0.239 e. The maximum absolute atomic E-state index is 12.4. The van der Waals surface area contributed by atoms with E-state index in [-0.39, 0.29) is 17.9 Å². The van der Waals surface area contributed by atoms with E-state index >= 15 is 0 Å². The van der Waals surface area contributed by atoms with Crippen LogP contribution in [-0.2, 0) is 4.79 Å². The number of likely N-dealkylation sites (tertiary alicyclic amines) is 1. The zero-order chi connectivity index (χ0) is 15.4. The molecule has 2 aliphatic rings. The minimum Gasteiger partial charge on any atom is -0.339 e. The van der Waals surface area contributed by atoms with Crippen LogP contribution in [0.5, 0.6) is 0 Å². The zero-order valence-electron chi connectivity index (χ0n) is 13.9. The summed E-state index contributed by atoms with van der Waals surface area (Å²) in [7, 11) is 2.20. The summed E-state index contributed by atoms with van der Waals surface area (Å²) in [6, 6.07) is 0.381. The zero-order valence-corrected chi connectivity index (χ0v) is 13.9. The second-order valence-electron chi connectivity index (χ2n) is 6.81. The highest BCUT2D eigenvalue weighted by molar-refractivity contribution is 5.82. The third kappa shape index (κ3) is 4.18. The highest BCUT2D eigenvalue weighted by Crippen LogP contribution is 2.18. The Morgan fingerprint density at radius 2 is 1.71 bits per heavy atom. The molecule has 5 nitrogen and oxygen atoms in total. The van der Waals surface area contributed by atoms with E-state index in [1.54, 1.807) is 0 Å². The molecule has 21 heavy (non-hydrogen) atoms. The minimum absolute atomic E-state index is 0.146. The number of amides is 1. The normalized spacial score (nSPS) is 25.8. The first kappa shape index (κ1) is 16.7. The van der Waals surface area contributed by atoms with Crippen molar-refractivity contribution in [2.45, 2.75) is 45.2 Å². The van der Waals surface area contributed by atoms with E-state index < -0.39 is 0 Å². The number of nitrogens with zero attached hydrogens (tertiary/aromatic N) is 3. The molecule has 2 rings (SSSR count). The summed E-state index contributed by atoms with van der Waals surface area (Å²) in [6.45, 7) is 10.3. The molecule has 0 aliphatic carbocycles. The maximum atomic E-state index is 12.4. The topological polar surface area (TPSA) is 52.8 Å². The Labute approximate surface area is 129 Å². The number of carbonyl (C=O) groups is 1. The van der Waals surface area contributed by atoms with Gasteiger partial charge in [-0.3, -0.25) is 9.69 Å². The molecule has 2 fully saturated rings. The summed E-state index contributed by atoms with van der Waals surface area (Å²) in [5.41, 5.74) is 6.08. The summed E-state index contributed by atoms with van der Waals surface area (Å²) < 4.78 is 0. The van der Waals surface area contributed by atoms with E-state index in [1.165, 1.54) is 25.9 Å². The maximum Gasteiger partial charge on any atom is 0.239 e. The molecule has 0 aromatic rings. The number of nitrogens with two attached hydrogens (primary N) is 1. The van der Waals surface area contributed by atoms with Crippen LogP contribution in [0.25, 0.3) is 0 Å². The predicted octanol–water partition coefficient (Wildman–Crippen LogP) is 0.598. The third-order valence-electron chi connectivity index (χ3n) is 5.37. The molecule has 2 N–H and O–H groups in total. The summed E-state index contributed by atoms with van der Waals surface area (Å²) in [5.74, 6) is 0.414. The van der Waals surface area contributed by atoms with Crippen molar-refractivity contribution < 1.29 is 4.79 Å². The average Bonchev–Trinajstić information content (AvgIpc) is 2.53. The first-order valence-electron chi connectivity index (χ1n) is 8.50. The molecule has 2 heterocycles. The molecular formula is C16H32N4O. The molecule has 2 aliphatic heterocycles. The fraction of sp³-hybridized carbons (Fsp3) is 0.938. The highest BCUT2D eigenvalue weighted by Gasteiger charge is 2.30. The lowest BCUT2D eigenvalue weighted by Crippen LogP contribution is -2.57. The van der Waals surface area contributed by atoms with E-state index in [9.17, 15) is 4.79 Å². The van der Waals surface area contributed by atoms with Gasteiger partial charge in [0.15, 0.2) is 0 Å². The molecule has 0 saturated carbocycles. The molecule has 0 aromatic carbocycles. The first-order chi connectivity index (χ1) is 10.0. The van der Waals surface area contributed by atoms with Crippen LogP contribution in [0.3, 0.4) is 0 Å². The van der Waals surface area contributed by atoms with Gasteiger partial charge in [0, 0.05) is 32.2 Å². The lowest BCUT2D eigenvalue weighted by atomic mass is 9.98. The number of piperazine rings is 1. The number of hydrogen-bond acceptors (Lipinski definition) is 4. The summed E-state index contributed by atoms with van der Waals surface area (Å²) in [6.07, 6.45) is 3.48. The Bertz CT molecular complexity index is 333. The van der Waals surface area contributed by atoms with Crippen molar-refractivity contribution in [2.75, 3.05) is 46.3 Å². The average molecular weight is 296 g/mol. The predicted molar refractivity (Wildman–Crippen MR) is 86.1 cm³/mol. The van der Waals surface area contributed by atoms with Crippen LogP contribution in [0.15, 0.2) is 0 Å². The van der Waals surface area contributed by atoms with Gasteiger partial charge in [-0.05, 0) is 38.9 Å². The van der Waals surface area contributed by atoms with Gasteiger partial charge in [0.05, 0.1) is 6.04 Å². The van der Waals surface area contributed by atoms with Crippen molar-refractivity contribution in [1.29, 1.82) is 0 Å². The summed E-state index contributed by atoms with van der Waals surface area (Å²) in [4.78, 5) is 19.4. The van der Waals surface area contributed by atoms with E-state index in [1.807, 2.05) is 4.90 Å². The molecule has 1 amide bonds. The van der Waals surface area contributed by atoms with Crippen LogP contribution in [0, 0.1) is 5.92 Å². The molecule has 2 saturated heterocycles. The number of piperidine rings is 1. The van der Waals surface area contributed by atoms with Crippen LogP contribution in [-0.4, -0.2) is 79.0 Å². The van der Waals surface area contributed by atoms with Gasteiger partial charge in [-0.15, -0.1) is 0 Å². The number of carbonyl (C=O) groups excluding carboxylic acids is 1. The second kappa shape index (κ2) is 7.56. The van der Waals surface area contributed by atoms with Gasteiger partial charge in [0.2, 0.25) is 5.91 Å². The fourth-order valence-corrected chi connectivity index (χ4v) is 3.38. The van der Waals surface area contributed by atoms with Gasteiger partial charge in [-0.25, -0.2) is 0 Å². The SMILES string of the molecule is CC[C@@H](C)[C@@H](N)C(=O)N1CCN(C2CCN(C)CC2)CC1. The Balaban J connectivity index is 1.79. The molecule has 2 atom stereocenters. The van der Waals surface area contributed by atoms with Crippen molar-refractivity contribution in [3.63, 3.8) is 0 Å². The van der Waals surface area contributed by atoms with Crippen LogP contribution in [0.1, 0.15) is 33.1 Å². The summed E-state index contributed by atoms with van der Waals surface area (Å²) >= 11 is 0. The highest BCUT2D eigenvalue weighted by atomic mass is 16.2. The van der Waals surface area contributed by atoms with Gasteiger partial charge in [-0.1, -0.05) is 20.3 Å². The van der Waals surface area contributed by atoms with Gasteiger partial charge in [-0.2, -0.15) is 0 Å². The van der Waals surface area contributed by atoms with E-state index in [2.05, 4.69) is 30.7 Å². The Hall–Kier alpha value is -0.650. The lowest BCUT2D eigenvalue weighted by Gasteiger charge is -2.42. The molecule has 5 heteroatoms. The molecule has 0 aromatic heterocycles. The Morgan fingerprint density at radius 1 is 1.14 bits per heavy atom. The molecule has 0 radical (unpaired) electrons. The summed E-state index contributed by atoms with van der Waals surface area (Å²) in [5, 5.41) is 0. The van der Waals surface area contributed by atoms with Gasteiger partial charge >= 0.3 is 0 Å². The molecular weight excluding hydrogens is 264 g/mol. The van der Waals surface area contributed by atoms with Crippen LogP contribution in [0.2, 0.25) is 0 Å². The quantitative estimate of drug-likeness (QED) is 0.825. The largest absolute Gasteiger partial charge is 0.339 e. The van der Waals surface area contributed by atoms with E-state index in [0.29, 0.717) is 6.04 Å². The first-order valence-corrected chi connectivity index (χ1v) is 8.50. The molecule has 0 bridgehead atoms. The number of rotatable bonds is 4. The minimum atomic E-state index is -0.329.